The van der Waals surface area contributed by atoms with Crippen LogP contribution in [-0.2, 0) is 9.84 Å². The van der Waals surface area contributed by atoms with Gasteiger partial charge >= 0.3 is 0 Å². The van der Waals surface area contributed by atoms with Gasteiger partial charge in [0.05, 0.1) is 21.4 Å². The quantitative estimate of drug-likeness (QED) is 0.385. The largest absolute Gasteiger partial charge is 0.390 e. The van der Waals surface area contributed by atoms with E-state index in [4.69, 9.17) is 4.98 Å². The monoisotopic (exact) mass is 570 g/mol. The van der Waals surface area contributed by atoms with Crippen molar-refractivity contribution in [2.24, 2.45) is 5.41 Å². The second-order valence-electron chi connectivity index (χ2n) is 12.9. The number of benzene rings is 1. The maximum absolute atomic E-state index is 13.5. The average Bonchev–Trinajstić information content (AvgIpc) is 3.74. The van der Waals surface area contributed by atoms with E-state index in [9.17, 15) is 13.5 Å². The number of anilines is 2. The fraction of sp³-hybridized carbons (Fsp3) is 0.667. The van der Waals surface area contributed by atoms with Gasteiger partial charge in [0.25, 0.3) is 0 Å². The van der Waals surface area contributed by atoms with Gasteiger partial charge in [-0.2, -0.15) is 0 Å². The molecular weight excluding hydrogens is 528 g/mol. The molecule has 1 aromatic carbocycles. The summed E-state index contributed by atoms with van der Waals surface area (Å²) in [6.45, 7) is 5.99. The number of aryl methyl sites for hydroxylation is 1. The van der Waals surface area contributed by atoms with E-state index >= 15 is 0 Å². The lowest BCUT2D eigenvalue weighted by atomic mass is 9.63. The lowest BCUT2D eigenvalue weighted by Gasteiger charge is -2.51. The van der Waals surface area contributed by atoms with Gasteiger partial charge in [-0.25, -0.2) is 18.4 Å². The predicted octanol–water partition coefficient (Wildman–Crippen LogP) is 6.11. The number of aliphatic hydroxyl groups is 1. The lowest BCUT2D eigenvalue weighted by Crippen LogP contribution is -2.50. The highest BCUT2D eigenvalue weighted by molar-refractivity contribution is 7.96. The van der Waals surface area contributed by atoms with Crippen molar-refractivity contribution in [3.63, 3.8) is 0 Å². The van der Waals surface area contributed by atoms with Crippen molar-refractivity contribution in [2.45, 2.75) is 106 Å². The second kappa shape index (κ2) is 10.3. The van der Waals surface area contributed by atoms with E-state index in [1.54, 1.807) is 18.0 Å². The minimum absolute atomic E-state index is 0.219. The highest BCUT2D eigenvalue weighted by atomic mass is 32.2. The molecule has 7 nitrogen and oxygen atoms in total. The molecule has 4 aliphatic rings. The van der Waals surface area contributed by atoms with Crippen LogP contribution in [0.15, 0.2) is 29.3 Å². The molecule has 1 spiro atoms. The Kier molecular flexibility index (Phi) is 7.26. The second-order valence-corrected chi connectivity index (χ2v) is 16.0. The van der Waals surface area contributed by atoms with Crippen molar-refractivity contribution in [1.82, 2.24) is 14.3 Å². The number of aromatic nitrogens is 2. The van der Waals surface area contributed by atoms with Crippen LogP contribution >= 0.6 is 11.9 Å². The summed E-state index contributed by atoms with van der Waals surface area (Å²) in [4.78, 5) is 10.1. The third-order valence-corrected chi connectivity index (χ3v) is 12.9. The van der Waals surface area contributed by atoms with Crippen molar-refractivity contribution in [3.8, 4) is 0 Å². The maximum Gasteiger partial charge on any atom is 0.227 e. The molecule has 1 aromatic heterocycles. The summed E-state index contributed by atoms with van der Waals surface area (Å²) in [7, 11) is -3.35. The van der Waals surface area contributed by atoms with E-state index in [2.05, 4.69) is 20.9 Å². The number of hydrogen-bond donors (Lipinski definition) is 2. The molecule has 6 rings (SSSR count). The summed E-state index contributed by atoms with van der Waals surface area (Å²) in [6, 6.07) is 5.42. The van der Waals surface area contributed by atoms with Crippen molar-refractivity contribution in [2.75, 3.05) is 24.7 Å². The summed E-state index contributed by atoms with van der Waals surface area (Å²) in [5, 5.41) is 13.5. The molecule has 0 radical (unpaired) electrons. The smallest absolute Gasteiger partial charge is 0.227 e. The molecule has 0 unspecified atom stereocenters. The van der Waals surface area contributed by atoms with Crippen LogP contribution < -0.4 is 5.32 Å². The van der Waals surface area contributed by atoms with Crippen LogP contribution in [0, 0.1) is 12.3 Å². The average molecular weight is 571 g/mol. The van der Waals surface area contributed by atoms with Crippen LogP contribution in [-0.4, -0.2) is 58.0 Å². The Bertz CT molecular complexity index is 1320. The molecule has 1 aliphatic heterocycles. The molecule has 3 saturated carbocycles. The molecule has 0 bridgehead atoms. The molecule has 2 aromatic rings. The van der Waals surface area contributed by atoms with Crippen molar-refractivity contribution >= 4 is 33.4 Å². The Balaban J connectivity index is 1.15. The van der Waals surface area contributed by atoms with Crippen molar-refractivity contribution in [3.05, 3.63) is 41.2 Å². The zero-order chi connectivity index (χ0) is 27.4. The zero-order valence-electron chi connectivity index (χ0n) is 23.4. The number of nitrogens with zero attached hydrogens (tertiary/aromatic N) is 3. The van der Waals surface area contributed by atoms with Gasteiger partial charge in [-0.1, -0.05) is 11.9 Å². The highest BCUT2D eigenvalue weighted by Crippen LogP contribution is 2.53. The fourth-order valence-corrected chi connectivity index (χ4v) is 9.63. The van der Waals surface area contributed by atoms with Crippen LogP contribution in [0.5, 0.6) is 0 Å². The topological polar surface area (TPSA) is 95.4 Å². The van der Waals surface area contributed by atoms with Crippen LogP contribution in [0.2, 0.25) is 0 Å². The molecule has 1 saturated heterocycles. The molecule has 4 fully saturated rings. The summed E-state index contributed by atoms with van der Waals surface area (Å²) in [5.74, 6) is 1.46. The van der Waals surface area contributed by atoms with Gasteiger partial charge in [-0.3, -0.25) is 4.31 Å². The van der Waals surface area contributed by atoms with Gasteiger partial charge in [0.1, 0.15) is 0 Å². The first-order valence-electron chi connectivity index (χ1n) is 14.6. The fourth-order valence-electron chi connectivity index (χ4n) is 6.96. The summed E-state index contributed by atoms with van der Waals surface area (Å²) < 4.78 is 29.3. The summed E-state index contributed by atoms with van der Waals surface area (Å²) in [6.07, 6.45) is 13.7. The molecule has 3 aliphatic carbocycles. The van der Waals surface area contributed by atoms with Gasteiger partial charge in [-0.15, -0.1) is 0 Å². The number of nitrogens with one attached hydrogen (secondary N) is 1. The normalized spacial score (nSPS) is 27.8. The Morgan fingerprint density at radius 3 is 2.36 bits per heavy atom. The van der Waals surface area contributed by atoms with Crippen molar-refractivity contribution < 1.29 is 13.5 Å². The van der Waals surface area contributed by atoms with Gasteiger partial charge in [0.15, 0.2) is 9.84 Å². The summed E-state index contributed by atoms with van der Waals surface area (Å²) in [5.41, 5.74) is 3.75. The molecule has 9 heteroatoms. The van der Waals surface area contributed by atoms with Gasteiger partial charge in [0, 0.05) is 30.9 Å². The maximum atomic E-state index is 13.5. The van der Waals surface area contributed by atoms with Crippen molar-refractivity contribution in [1.29, 1.82) is 0 Å². The van der Waals surface area contributed by atoms with Crippen LogP contribution in [0.1, 0.15) is 99.8 Å². The van der Waals surface area contributed by atoms with E-state index in [1.807, 2.05) is 32.2 Å². The standard InChI is InChI=1S/C30H42N4O3S2/c1-20-16-23(39(36,37)24-17-30(18-24)12-14-34(38-3)15-13-30)6-7-26(20)32-28-31-19-25(21-4-5-21)27(33-28)22-8-10-29(2,35)11-9-22/h6-7,16,19,21-22,24,35H,4-5,8-15,17-18H2,1-3H3,(H,31,32,33). The Hall–Kier alpha value is -1.68. The first-order valence-corrected chi connectivity index (χ1v) is 17.3. The zero-order valence-corrected chi connectivity index (χ0v) is 25.1. The molecule has 2 N–H and O–H groups in total. The van der Waals surface area contributed by atoms with Gasteiger partial charge in [-0.05, 0) is 125 Å². The third kappa shape index (κ3) is 5.61. The van der Waals surface area contributed by atoms with E-state index < -0.39 is 15.4 Å². The van der Waals surface area contributed by atoms with E-state index in [-0.39, 0.29) is 10.7 Å². The highest BCUT2D eigenvalue weighted by Gasteiger charge is 2.51. The summed E-state index contributed by atoms with van der Waals surface area (Å²) >= 11 is 1.79. The Morgan fingerprint density at radius 2 is 1.74 bits per heavy atom. The minimum Gasteiger partial charge on any atom is -0.390 e. The molecule has 0 amide bonds. The predicted molar refractivity (Wildman–Crippen MR) is 157 cm³/mol. The van der Waals surface area contributed by atoms with Crippen LogP contribution in [0.3, 0.4) is 0 Å². The number of piperidine rings is 1. The molecule has 0 atom stereocenters. The van der Waals surface area contributed by atoms with E-state index in [0.29, 0.717) is 22.7 Å². The van der Waals surface area contributed by atoms with Gasteiger partial charge in [0.2, 0.25) is 5.95 Å². The van der Waals surface area contributed by atoms with Gasteiger partial charge < -0.3 is 10.4 Å². The Labute approximate surface area is 237 Å². The first kappa shape index (κ1) is 27.5. The third-order valence-electron chi connectivity index (χ3n) is 9.89. The number of rotatable bonds is 7. The Morgan fingerprint density at radius 1 is 1.05 bits per heavy atom. The first-order chi connectivity index (χ1) is 18.6. The van der Waals surface area contributed by atoms with Crippen LogP contribution in [0.25, 0.3) is 0 Å². The molecular formula is C30H42N4O3S2. The molecule has 39 heavy (non-hydrogen) atoms. The minimum atomic E-state index is -3.35. The molecule has 2 heterocycles. The SMILES string of the molecule is CSN1CCC2(CC1)CC(S(=O)(=O)c1ccc(Nc3ncc(C4CC4)c(C4CCC(C)(O)CC4)n3)c(C)c1)C2. The van der Waals surface area contributed by atoms with E-state index in [0.717, 1.165) is 81.4 Å². The number of sulfone groups is 1. The molecule has 212 valence electrons. The lowest BCUT2D eigenvalue weighted by molar-refractivity contribution is 0.0167. The number of hydrogen-bond acceptors (Lipinski definition) is 8. The van der Waals surface area contributed by atoms with E-state index in [1.165, 1.54) is 18.4 Å². The van der Waals surface area contributed by atoms with Crippen LogP contribution in [0.4, 0.5) is 11.6 Å².